The number of carbonyl (C=O) groups is 3. The number of carbonyl (C=O) groups excluding carboxylic acids is 3. The van der Waals surface area contributed by atoms with E-state index >= 15 is 0 Å². The monoisotopic (exact) mass is 548 g/mol. The van der Waals surface area contributed by atoms with Crippen molar-refractivity contribution in [1.82, 2.24) is 10.2 Å². The van der Waals surface area contributed by atoms with E-state index < -0.39 is 17.8 Å². The van der Waals surface area contributed by atoms with E-state index in [1.54, 1.807) is 36.4 Å². The van der Waals surface area contributed by atoms with Crippen LogP contribution in [0.1, 0.15) is 43.2 Å². The lowest BCUT2D eigenvalue weighted by atomic mass is 9.93. The third kappa shape index (κ3) is 4.85. The third-order valence-electron chi connectivity index (χ3n) is 5.68. The maximum atomic E-state index is 13.8. The van der Waals surface area contributed by atoms with Crippen LogP contribution in [-0.4, -0.2) is 28.8 Å². The third-order valence-corrected chi connectivity index (χ3v) is 6.52. The fraction of sp³-hybridized carbons (Fsp3) is 0.292. The molecule has 1 saturated carbocycles. The summed E-state index contributed by atoms with van der Waals surface area (Å²) in [4.78, 5) is 38.9. The Balaban J connectivity index is 1.52. The second-order valence-electron chi connectivity index (χ2n) is 7.85. The van der Waals surface area contributed by atoms with Crippen LogP contribution in [0.4, 0.5) is 9.18 Å². The molecule has 2 aromatic carbocycles. The number of halogens is 2. The van der Waals surface area contributed by atoms with Gasteiger partial charge in [0, 0.05) is 11.6 Å². The van der Waals surface area contributed by atoms with Gasteiger partial charge in [0.05, 0.1) is 3.57 Å². The molecule has 1 aliphatic carbocycles. The number of urea groups is 1. The van der Waals surface area contributed by atoms with E-state index in [1.165, 1.54) is 17.0 Å². The van der Waals surface area contributed by atoms with Gasteiger partial charge in [0.25, 0.3) is 11.8 Å². The highest BCUT2D eigenvalue weighted by Crippen LogP contribution is 2.28. The molecule has 1 saturated heterocycles. The minimum Gasteiger partial charge on any atom is -0.488 e. The van der Waals surface area contributed by atoms with E-state index in [0.717, 1.165) is 35.7 Å². The van der Waals surface area contributed by atoms with Crippen molar-refractivity contribution in [2.24, 2.45) is 0 Å². The molecular weight excluding hydrogens is 526 g/mol. The van der Waals surface area contributed by atoms with Crippen molar-refractivity contribution in [2.45, 2.75) is 44.8 Å². The van der Waals surface area contributed by atoms with E-state index in [9.17, 15) is 18.8 Å². The van der Waals surface area contributed by atoms with Crippen molar-refractivity contribution >= 4 is 46.5 Å². The molecule has 6 nitrogen and oxygen atoms in total. The molecule has 8 heteroatoms. The van der Waals surface area contributed by atoms with E-state index in [0.29, 0.717) is 16.9 Å². The van der Waals surface area contributed by atoms with Crippen LogP contribution in [0.2, 0.25) is 0 Å². The minimum absolute atomic E-state index is 0.0639. The van der Waals surface area contributed by atoms with Crippen LogP contribution in [-0.2, 0) is 16.2 Å². The van der Waals surface area contributed by atoms with Crippen molar-refractivity contribution in [3.05, 3.63) is 68.6 Å². The Labute approximate surface area is 199 Å². The zero-order valence-corrected chi connectivity index (χ0v) is 19.4. The van der Waals surface area contributed by atoms with Crippen LogP contribution >= 0.6 is 22.6 Å². The van der Waals surface area contributed by atoms with Gasteiger partial charge in [0.15, 0.2) is 0 Å². The molecule has 1 aliphatic heterocycles. The molecule has 1 heterocycles. The lowest BCUT2D eigenvalue weighted by Gasteiger charge is -2.35. The Hall–Kier alpha value is -2.75. The number of imide groups is 2. The summed E-state index contributed by atoms with van der Waals surface area (Å²) in [5.41, 5.74) is 1.02. The van der Waals surface area contributed by atoms with E-state index in [-0.39, 0.29) is 24.0 Å². The average molecular weight is 548 g/mol. The zero-order valence-electron chi connectivity index (χ0n) is 17.3. The summed E-state index contributed by atoms with van der Waals surface area (Å²) in [5, 5.41) is 2.29. The van der Waals surface area contributed by atoms with Gasteiger partial charge in [-0.05, 0) is 65.3 Å². The Morgan fingerprint density at radius 3 is 2.56 bits per heavy atom. The molecule has 2 aliphatic rings. The average Bonchev–Trinajstić information content (AvgIpc) is 2.78. The maximum Gasteiger partial charge on any atom is 0.331 e. The standard InChI is InChI=1S/C24H22FIN2O4/c25-19-9-5-4-6-16(19)14-32-21-11-10-15(13-20(21)26)12-18-22(29)27-24(31)28(23(18)30)17-7-2-1-3-8-17/h4-6,9-13,17H,1-3,7-8,14H2,(H,27,29,31). The van der Waals surface area contributed by atoms with Crippen molar-refractivity contribution < 1.29 is 23.5 Å². The summed E-state index contributed by atoms with van der Waals surface area (Å²) >= 11 is 2.09. The molecule has 0 radical (unpaired) electrons. The SMILES string of the molecule is O=C1NC(=O)N(C2CCCCC2)C(=O)C1=Cc1ccc(OCc2ccccc2F)c(I)c1. The van der Waals surface area contributed by atoms with Crippen molar-refractivity contribution in [3.8, 4) is 5.75 Å². The Kier molecular flexibility index (Phi) is 6.88. The van der Waals surface area contributed by atoms with Crippen molar-refractivity contribution in [1.29, 1.82) is 0 Å². The smallest absolute Gasteiger partial charge is 0.331 e. The number of rotatable bonds is 5. The molecule has 32 heavy (non-hydrogen) atoms. The van der Waals surface area contributed by atoms with E-state index in [2.05, 4.69) is 27.9 Å². The molecule has 2 fully saturated rings. The first kappa shape index (κ1) is 22.4. The fourth-order valence-corrected chi connectivity index (χ4v) is 4.70. The number of barbiturate groups is 1. The summed E-state index contributed by atoms with van der Waals surface area (Å²) in [6.45, 7) is 0.0858. The molecule has 4 rings (SSSR count). The second kappa shape index (κ2) is 9.81. The van der Waals surface area contributed by atoms with Gasteiger partial charge in [0.2, 0.25) is 0 Å². The normalized spacial score (nSPS) is 18.8. The van der Waals surface area contributed by atoms with Crippen molar-refractivity contribution in [2.75, 3.05) is 0 Å². The summed E-state index contributed by atoms with van der Waals surface area (Å²) in [6.07, 6.45) is 6.01. The fourth-order valence-electron chi connectivity index (χ4n) is 4.00. The summed E-state index contributed by atoms with van der Waals surface area (Å²) < 4.78 is 20.3. The van der Waals surface area contributed by atoms with Crippen LogP contribution in [0.5, 0.6) is 5.75 Å². The van der Waals surface area contributed by atoms with Gasteiger partial charge in [-0.3, -0.25) is 19.8 Å². The number of amides is 4. The lowest BCUT2D eigenvalue weighted by molar-refractivity contribution is -0.132. The van der Waals surface area contributed by atoms with Gasteiger partial charge in [-0.25, -0.2) is 9.18 Å². The molecule has 2 aromatic rings. The molecule has 0 unspecified atom stereocenters. The predicted octanol–water partition coefficient (Wildman–Crippen LogP) is 4.80. The maximum absolute atomic E-state index is 13.8. The topological polar surface area (TPSA) is 75.7 Å². The van der Waals surface area contributed by atoms with Gasteiger partial charge < -0.3 is 4.74 Å². The van der Waals surface area contributed by atoms with Gasteiger partial charge in [-0.2, -0.15) is 0 Å². The summed E-state index contributed by atoms with van der Waals surface area (Å²) in [5.74, 6) is -1.01. The molecule has 0 spiro atoms. The zero-order chi connectivity index (χ0) is 22.7. The number of hydrogen-bond acceptors (Lipinski definition) is 4. The van der Waals surface area contributed by atoms with Crippen LogP contribution < -0.4 is 10.1 Å². The highest BCUT2D eigenvalue weighted by Gasteiger charge is 2.40. The van der Waals surface area contributed by atoms with E-state index in [4.69, 9.17) is 4.74 Å². The second-order valence-corrected chi connectivity index (χ2v) is 9.02. The van der Waals surface area contributed by atoms with Crippen molar-refractivity contribution in [3.63, 3.8) is 0 Å². The highest BCUT2D eigenvalue weighted by atomic mass is 127. The summed E-state index contributed by atoms with van der Waals surface area (Å²) in [6, 6.07) is 10.8. The first-order valence-electron chi connectivity index (χ1n) is 10.5. The molecule has 4 amide bonds. The number of nitrogens with one attached hydrogen (secondary N) is 1. The molecule has 166 valence electrons. The molecule has 0 aromatic heterocycles. The van der Waals surface area contributed by atoms with Crippen LogP contribution in [0, 0.1) is 9.39 Å². The quantitative estimate of drug-likeness (QED) is 0.331. The van der Waals surface area contributed by atoms with E-state index in [1.807, 2.05) is 0 Å². The van der Waals surface area contributed by atoms with Crippen LogP contribution in [0.25, 0.3) is 6.08 Å². The largest absolute Gasteiger partial charge is 0.488 e. The van der Waals surface area contributed by atoms with Crippen LogP contribution in [0.3, 0.4) is 0 Å². The molecule has 0 bridgehead atoms. The van der Waals surface area contributed by atoms with Crippen LogP contribution in [0.15, 0.2) is 48.0 Å². The Morgan fingerprint density at radius 2 is 1.84 bits per heavy atom. The highest BCUT2D eigenvalue weighted by molar-refractivity contribution is 14.1. The minimum atomic E-state index is -0.693. The van der Waals surface area contributed by atoms with Gasteiger partial charge >= 0.3 is 6.03 Å². The number of hydrogen-bond donors (Lipinski definition) is 1. The van der Waals surface area contributed by atoms with Gasteiger partial charge in [-0.1, -0.05) is 43.5 Å². The van der Waals surface area contributed by atoms with Gasteiger partial charge in [0.1, 0.15) is 23.7 Å². The number of benzene rings is 2. The Bertz CT molecular complexity index is 1100. The molecule has 0 atom stereocenters. The van der Waals surface area contributed by atoms with Gasteiger partial charge in [-0.15, -0.1) is 0 Å². The number of ether oxygens (including phenoxy) is 1. The lowest BCUT2D eigenvalue weighted by Crippen LogP contribution is -2.58. The number of nitrogens with zero attached hydrogens (tertiary/aromatic N) is 1. The first-order valence-corrected chi connectivity index (χ1v) is 11.6. The molecule has 1 N–H and O–H groups in total. The summed E-state index contributed by atoms with van der Waals surface area (Å²) in [7, 11) is 0. The Morgan fingerprint density at radius 1 is 1.09 bits per heavy atom. The predicted molar refractivity (Wildman–Crippen MR) is 125 cm³/mol. The molecular formula is C24H22FIN2O4. The first-order chi connectivity index (χ1) is 15.4.